The van der Waals surface area contributed by atoms with Gasteiger partial charge in [-0.25, -0.2) is 0 Å². The molecule has 7 nitrogen and oxygen atoms in total. The van der Waals surface area contributed by atoms with Gasteiger partial charge in [-0.2, -0.15) is 0 Å². The van der Waals surface area contributed by atoms with Crippen LogP contribution in [0.15, 0.2) is 33.5 Å². The minimum atomic E-state index is -0.835. The molecule has 2 fully saturated rings. The zero-order valence-corrected chi connectivity index (χ0v) is 14.6. The quantitative estimate of drug-likeness (QED) is 0.755. The maximum Gasteiger partial charge on any atom is 0.316 e. The number of hydrogen-bond donors (Lipinski definition) is 0. The monoisotopic (exact) mass is 357 g/mol. The zero-order chi connectivity index (χ0) is 18.5. The van der Waals surface area contributed by atoms with E-state index in [2.05, 4.69) is 0 Å². The Balaban J connectivity index is 1.68. The van der Waals surface area contributed by atoms with Crippen LogP contribution < -0.4 is 5.43 Å². The maximum atomic E-state index is 12.9. The highest BCUT2D eigenvalue weighted by Gasteiger charge is 2.58. The van der Waals surface area contributed by atoms with Gasteiger partial charge in [0.1, 0.15) is 11.0 Å². The first-order valence-electron chi connectivity index (χ1n) is 8.44. The molecule has 1 amide bonds. The van der Waals surface area contributed by atoms with Crippen molar-refractivity contribution in [3.05, 3.63) is 45.8 Å². The number of nitrogens with zero attached hydrogens (tertiary/aromatic N) is 1. The summed E-state index contributed by atoms with van der Waals surface area (Å²) in [6.07, 6.45) is 0. The van der Waals surface area contributed by atoms with E-state index in [1.54, 1.807) is 17.0 Å². The SMILES string of the molecule is COC(=O)[C@@]12COC[C@@H]1CN(C(=O)c1cc(=O)c3ccc(C)cc3o1)C2. The van der Waals surface area contributed by atoms with Gasteiger partial charge in [0.25, 0.3) is 5.91 Å². The van der Waals surface area contributed by atoms with Crippen molar-refractivity contribution in [1.82, 2.24) is 4.90 Å². The van der Waals surface area contributed by atoms with Crippen LogP contribution in [0.4, 0.5) is 0 Å². The third-order valence-electron chi connectivity index (χ3n) is 5.35. The number of esters is 1. The minimum Gasteiger partial charge on any atom is -0.468 e. The number of rotatable bonds is 2. The highest BCUT2D eigenvalue weighted by atomic mass is 16.5. The first kappa shape index (κ1) is 16.8. The third kappa shape index (κ3) is 2.42. The first-order chi connectivity index (χ1) is 12.4. The molecule has 2 aliphatic heterocycles. The van der Waals surface area contributed by atoms with Crippen molar-refractivity contribution < 1.29 is 23.5 Å². The number of carbonyl (C=O) groups is 2. The summed E-state index contributed by atoms with van der Waals surface area (Å²) in [6.45, 7) is 3.08. The molecule has 0 unspecified atom stereocenters. The number of methoxy groups -OCH3 is 1. The van der Waals surface area contributed by atoms with Crippen LogP contribution in [0.5, 0.6) is 0 Å². The Bertz CT molecular complexity index is 964. The molecular weight excluding hydrogens is 338 g/mol. The number of likely N-dealkylation sites (tertiary alicyclic amines) is 1. The van der Waals surface area contributed by atoms with Gasteiger partial charge in [-0.3, -0.25) is 14.4 Å². The summed E-state index contributed by atoms with van der Waals surface area (Å²) in [4.78, 5) is 39.1. The summed E-state index contributed by atoms with van der Waals surface area (Å²) in [5.41, 5.74) is 0.215. The molecule has 3 heterocycles. The number of fused-ring (bicyclic) bond motifs is 2. The second kappa shape index (κ2) is 5.95. The highest BCUT2D eigenvalue weighted by molar-refractivity contribution is 5.94. The fourth-order valence-corrected chi connectivity index (χ4v) is 3.91. The molecular formula is C19H19NO6. The molecule has 136 valence electrons. The van der Waals surface area contributed by atoms with Crippen LogP contribution in [0.2, 0.25) is 0 Å². The molecule has 0 radical (unpaired) electrons. The molecule has 0 aliphatic carbocycles. The zero-order valence-electron chi connectivity index (χ0n) is 14.6. The van der Waals surface area contributed by atoms with Crippen molar-refractivity contribution >= 4 is 22.8 Å². The van der Waals surface area contributed by atoms with E-state index in [1.165, 1.54) is 13.2 Å². The minimum absolute atomic E-state index is 0.0194. The number of ether oxygens (including phenoxy) is 2. The largest absolute Gasteiger partial charge is 0.468 e. The molecule has 2 aromatic rings. The Morgan fingerprint density at radius 2 is 2.12 bits per heavy atom. The van der Waals surface area contributed by atoms with E-state index < -0.39 is 11.3 Å². The number of amides is 1. The molecule has 4 rings (SSSR count). The Morgan fingerprint density at radius 1 is 1.31 bits per heavy atom. The summed E-state index contributed by atoms with van der Waals surface area (Å²) in [5, 5.41) is 0.435. The molecule has 0 saturated carbocycles. The van der Waals surface area contributed by atoms with Crippen molar-refractivity contribution in [2.75, 3.05) is 33.4 Å². The summed E-state index contributed by atoms with van der Waals surface area (Å²) in [7, 11) is 1.33. The van der Waals surface area contributed by atoms with Crippen LogP contribution >= 0.6 is 0 Å². The van der Waals surface area contributed by atoms with Gasteiger partial charge >= 0.3 is 5.97 Å². The van der Waals surface area contributed by atoms with Crippen LogP contribution in [0.3, 0.4) is 0 Å². The molecule has 1 aromatic heterocycles. The predicted octanol–water partition coefficient (Wildman–Crippen LogP) is 1.36. The van der Waals surface area contributed by atoms with Crippen LogP contribution in [0.25, 0.3) is 11.0 Å². The number of benzene rings is 1. The molecule has 0 N–H and O–H groups in total. The van der Waals surface area contributed by atoms with Gasteiger partial charge in [0.2, 0.25) is 0 Å². The Labute approximate surface area is 149 Å². The lowest BCUT2D eigenvalue weighted by atomic mass is 9.81. The van der Waals surface area contributed by atoms with Crippen LogP contribution in [0.1, 0.15) is 16.1 Å². The maximum absolute atomic E-state index is 12.9. The van der Waals surface area contributed by atoms with Gasteiger partial charge in [-0.05, 0) is 24.6 Å². The molecule has 2 aliphatic rings. The smallest absolute Gasteiger partial charge is 0.316 e. The molecule has 7 heteroatoms. The second-order valence-corrected chi connectivity index (χ2v) is 7.02. The number of aryl methyl sites for hydroxylation is 1. The topological polar surface area (TPSA) is 86.0 Å². The molecule has 1 aromatic carbocycles. The molecule has 2 saturated heterocycles. The average molecular weight is 357 g/mol. The summed E-state index contributed by atoms with van der Waals surface area (Å²) in [6, 6.07) is 6.46. The van der Waals surface area contributed by atoms with E-state index in [0.717, 1.165) is 5.56 Å². The van der Waals surface area contributed by atoms with E-state index in [9.17, 15) is 14.4 Å². The van der Waals surface area contributed by atoms with E-state index >= 15 is 0 Å². The van der Waals surface area contributed by atoms with Gasteiger partial charge in [0.05, 0.1) is 25.7 Å². The fourth-order valence-electron chi connectivity index (χ4n) is 3.91. The average Bonchev–Trinajstić information content (AvgIpc) is 3.18. The lowest BCUT2D eigenvalue weighted by molar-refractivity contribution is -0.153. The summed E-state index contributed by atoms with van der Waals surface area (Å²) in [5.74, 6) is -0.906. The van der Waals surface area contributed by atoms with Crippen LogP contribution in [-0.4, -0.2) is 50.2 Å². The highest BCUT2D eigenvalue weighted by Crippen LogP contribution is 2.42. The van der Waals surface area contributed by atoms with E-state index in [1.807, 2.05) is 13.0 Å². The molecule has 26 heavy (non-hydrogen) atoms. The lowest BCUT2D eigenvalue weighted by Gasteiger charge is -2.23. The van der Waals surface area contributed by atoms with Gasteiger partial charge in [0.15, 0.2) is 11.2 Å². The Morgan fingerprint density at radius 3 is 2.88 bits per heavy atom. The van der Waals surface area contributed by atoms with E-state index in [-0.39, 0.29) is 36.2 Å². The van der Waals surface area contributed by atoms with Gasteiger partial charge < -0.3 is 18.8 Å². The number of hydrogen-bond acceptors (Lipinski definition) is 6. The van der Waals surface area contributed by atoms with Gasteiger partial charge in [0, 0.05) is 25.1 Å². The number of carbonyl (C=O) groups excluding carboxylic acids is 2. The normalized spacial score (nSPS) is 24.7. The summed E-state index contributed by atoms with van der Waals surface area (Å²) >= 11 is 0. The molecule has 0 bridgehead atoms. The van der Waals surface area contributed by atoms with Crippen molar-refractivity contribution in [2.24, 2.45) is 11.3 Å². The Hall–Kier alpha value is -2.67. The van der Waals surface area contributed by atoms with E-state index in [0.29, 0.717) is 24.1 Å². The van der Waals surface area contributed by atoms with Crippen molar-refractivity contribution in [3.63, 3.8) is 0 Å². The van der Waals surface area contributed by atoms with E-state index in [4.69, 9.17) is 13.9 Å². The third-order valence-corrected chi connectivity index (χ3v) is 5.35. The van der Waals surface area contributed by atoms with Crippen LogP contribution in [-0.2, 0) is 14.3 Å². The standard InChI is InChI=1S/C19H19NO6/c1-11-3-4-13-14(21)6-16(26-15(13)5-11)17(22)20-7-12-8-25-10-19(12,9-20)18(23)24-2/h3-6,12H,7-10H2,1-2H3/t12-,19-/m0/s1. The van der Waals surface area contributed by atoms with Crippen molar-refractivity contribution in [2.45, 2.75) is 6.92 Å². The lowest BCUT2D eigenvalue weighted by Crippen LogP contribution is -2.41. The summed E-state index contributed by atoms with van der Waals surface area (Å²) < 4.78 is 16.1. The Kier molecular flexibility index (Phi) is 3.84. The second-order valence-electron chi connectivity index (χ2n) is 7.02. The van der Waals surface area contributed by atoms with Gasteiger partial charge in [-0.15, -0.1) is 0 Å². The predicted molar refractivity (Wildman–Crippen MR) is 91.9 cm³/mol. The van der Waals surface area contributed by atoms with Crippen molar-refractivity contribution in [3.8, 4) is 0 Å². The first-order valence-corrected chi connectivity index (χ1v) is 8.44. The van der Waals surface area contributed by atoms with Crippen molar-refractivity contribution in [1.29, 1.82) is 0 Å². The fraction of sp³-hybridized carbons (Fsp3) is 0.421. The van der Waals surface area contributed by atoms with Gasteiger partial charge in [-0.1, -0.05) is 6.07 Å². The molecule has 0 spiro atoms. The molecule has 2 atom stereocenters. The van der Waals surface area contributed by atoms with Crippen LogP contribution in [0, 0.1) is 18.3 Å².